The van der Waals surface area contributed by atoms with Crippen LogP contribution < -0.4 is 5.32 Å². The molecular formula is C20H17ClN4O3S. The summed E-state index contributed by atoms with van der Waals surface area (Å²) in [5, 5.41) is 18.8. The van der Waals surface area contributed by atoms with Crippen molar-refractivity contribution >= 4 is 40.8 Å². The van der Waals surface area contributed by atoms with Crippen molar-refractivity contribution in [3.63, 3.8) is 0 Å². The lowest BCUT2D eigenvalue weighted by Gasteiger charge is -2.14. The summed E-state index contributed by atoms with van der Waals surface area (Å²) in [4.78, 5) is 23.5. The molecule has 1 aliphatic rings. The molecule has 1 amide bonds. The molecule has 0 saturated heterocycles. The summed E-state index contributed by atoms with van der Waals surface area (Å²) in [6.45, 7) is 4.04. The molecule has 0 aliphatic carbocycles. The predicted molar refractivity (Wildman–Crippen MR) is 114 cm³/mol. The summed E-state index contributed by atoms with van der Waals surface area (Å²) in [6, 6.07) is 9.95. The van der Waals surface area contributed by atoms with Gasteiger partial charge < -0.3 is 5.32 Å². The van der Waals surface area contributed by atoms with Gasteiger partial charge in [0.15, 0.2) is 0 Å². The summed E-state index contributed by atoms with van der Waals surface area (Å²) in [6.07, 6.45) is 0. The Kier molecular flexibility index (Phi) is 5.06. The van der Waals surface area contributed by atoms with Crippen LogP contribution in [0.1, 0.15) is 32.7 Å². The highest BCUT2D eigenvalue weighted by atomic mass is 35.5. The number of amides is 1. The van der Waals surface area contributed by atoms with Gasteiger partial charge in [-0.2, -0.15) is 16.9 Å². The van der Waals surface area contributed by atoms with E-state index in [1.165, 1.54) is 18.2 Å². The van der Waals surface area contributed by atoms with Crippen molar-refractivity contribution in [2.45, 2.75) is 25.4 Å². The van der Waals surface area contributed by atoms with Gasteiger partial charge in [-0.3, -0.25) is 14.9 Å². The third-order valence-corrected chi connectivity index (χ3v) is 6.28. The van der Waals surface area contributed by atoms with Gasteiger partial charge in [0, 0.05) is 28.7 Å². The summed E-state index contributed by atoms with van der Waals surface area (Å²) in [5.74, 6) is 1.68. The molecule has 0 unspecified atom stereocenters. The molecule has 3 aromatic rings. The van der Waals surface area contributed by atoms with Crippen molar-refractivity contribution in [3.8, 4) is 5.69 Å². The van der Waals surface area contributed by atoms with Crippen LogP contribution >= 0.6 is 23.4 Å². The fraction of sp³-hybridized carbons (Fsp3) is 0.200. The number of nitro groups is 1. The van der Waals surface area contributed by atoms with Crippen LogP contribution in [0.5, 0.6) is 0 Å². The van der Waals surface area contributed by atoms with Gasteiger partial charge in [-0.15, -0.1) is 0 Å². The Morgan fingerprint density at radius 2 is 2.07 bits per heavy atom. The van der Waals surface area contributed by atoms with Gasteiger partial charge in [0.2, 0.25) is 0 Å². The number of nitrogens with one attached hydrogen (secondary N) is 1. The molecule has 29 heavy (non-hydrogen) atoms. The van der Waals surface area contributed by atoms with Crippen LogP contribution in [0.2, 0.25) is 5.02 Å². The number of aryl methyl sites for hydroxylation is 1. The summed E-state index contributed by atoms with van der Waals surface area (Å²) in [5.41, 5.74) is 4.86. The number of thioether (sulfide) groups is 1. The third-order valence-electron chi connectivity index (χ3n) is 4.99. The molecule has 9 heteroatoms. The molecule has 0 spiro atoms. The van der Waals surface area contributed by atoms with E-state index in [9.17, 15) is 14.9 Å². The number of anilines is 1. The maximum Gasteiger partial charge on any atom is 0.288 e. The predicted octanol–water partition coefficient (Wildman–Crippen LogP) is 5.05. The Hall–Kier alpha value is -2.84. The van der Waals surface area contributed by atoms with Gasteiger partial charge in [0.25, 0.3) is 11.6 Å². The first-order chi connectivity index (χ1) is 13.9. The van der Waals surface area contributed by atoms with Crippen LogP contribution in [-0.4, -0.2) is 20.6 Å². The van der Waals surface area contributed by atoms with Gasteiger partial charge in [0.05, 0.1) is 16.3 Å². The van der Waals surface area contributed by atoms with Crippen LogP contribution in [0.15, 0.2) is 36.4 Å². The zero-order valence-electron chi connectivity index (χ0n) is 15.7. The first kappa shape index (κ1) is 19.5. The summed E-state index contributed by atoms with van der Waals surface area (Å²) < 4.78 is 1.76. The topological polar surface area (TPSA) is 90.1 Å². The number of fused-ring (bicyclic) bond motifs is 1. The van der Waals surface area contributed by atoms with Crippen LogP contribution in [-0.2, 0) is 11.5 Å². The lowest BCUT2D eigenvalue weighted by Crippen LogP contribution is -2.17. The van der Waals surface area contributed by atoms with Crippen molar-refractivity contribution in [1.82, 2.24) is 9.78 Å². The minimum Gasteiger partial charge on any atom is -0.306 e. The zero-order chi connectivity index (χ0) is 20.7. The number of halogens is 1. The van der Waals surface area contributed by atoms with E-state index in [2.05, 4.69) is 5.32 Å². The monoisotopic (exact) mass is 428 g/mol. The van der Waals surface area contributed by atoms with E-state index in [0.29, 0.717) is 5.82 Å². The standard InChI is InChI=1S/C20H17ClN4O3S/c1-11-4-3-5-17(12(11)2)24-19(14-9-29-10-16(14)23-24)22-20(26)13-6-7-15(21)18(8-13)25(27)28/h3-8H,9-10H2,1-2H3,(H,22,26). The highest BCUT2D eigenvalue weighted by Crippen LogP contribution is 2.37. The van der Waals surface area contributed by atoms with Crippen molar-refractivity contribution in [2.75, 3.05) is 5.32 Å². The molecule has 0 atom stereocenters. The Morgan fingerprint density at radius 1 is 1.28 bits per heavy atom. The first-order valence-electron chi connectivity index (χ1n) is 8.87. The largest absolute Gasteiger partial charge is 0.306 e. The van der Waals surface area contributed by atoms with Gasteiger partial charge in [-0.1, -0.05) is 23.7 Å². The van der Waals surface area contributed by atoms with Crippen LogP contribution in [0.4, 0.5) is 11.5 Å². The summed E-state index contributed by atoms with van der Waals surface area (Å²) >= 11 is 7.59. The lowest BCUT2D eigenvalue weighted by atomic mass is 10.1. The van der Waals surface area contributed by atoms with Gasteiger partial charge in [-0.25, -0.2) is 4.68 Å². The molecular weight excluding hydrogens is 412 g/mol. The number of hydrogen-bond donors (Lipinski definition) is 1. The molecule has 0 saturated carbocycles. The van der Waals surface area contributed by atoms with E-state index in [4.69, 9.17) is 16.7 Å². The van der Waals surface area contributed by atoms with E-state index < -0.39 is 10.8 Å². The van der Waals surface area contributed by atoms with Gasteiger partial charge in [-0.05, 0) is 43.2 Å². The third kappa shape index (κ3) is 3.49. The molecule has 1 aromatic heterocycles. The maximum atomic E-state index is 12.9. The van der Waals surface area contributed by atoms with Crippen LogP contribution in [0.3, 0.4) is 0 Å². The average Bonchev–Trinajstić information content (AvgIpc) is 3.27. The number of carbonyl (C=O) groups excluding carboxylic acids is 1. The Labute approximate surface area is 176 Å². The maximum absolute atomic E-state index is 12.9. The number of benzene rings is 2. The minimum atomic E-state index is -0.603. The van der Waals surface area contributed by atoms with E-state index in [1.807, 2.05) is 32.0 Å². The van der Waals surface area contributed by atoms with Crippen molar-refractivity contribution in [2.24, 2.45) is 0 Å². The van der Waals surface area contributed by atoms with E-state index in [1.54, 1.807) is 16.4 Å². The second-order valence-electron chi connectivity index (χ2n) is 6.77. The van der Waals surface area contributed by atoms with Crippen LogP contribution in [0.25, 0.3) is 5.69 Å². The van der Waals surface area contributed by atoms with Crippen molar-refractivity contribution in [1.29, 1.82) is 0 Å². The van der Waals surface area contributed by atoms with Crippen LogP contribution in [0, 0.1) is 24.0 Å². The Morgan fingerprint density at radius 3 is 2.83 bits per heavy atom. The number of nitro benzene ring substituents is 1. The molecule has 0 fully saturated rings. The molecule has 1 aliphatic heterocycles. The fourth-order valence-corrected chi connectivity index (χ4v) is 4.48. The molecule has 7 nitrogen and oxygen atoms in total. The van der Waals surface area contributed by atoms with Gasteiger partial charge >= 0.3 is 0 Å². The molecule has 0 bridgehead atoms. The molecule has 1 N–H and O–H groups in total. The number of carbonyl (C=O) groups is 1. The smallest absolute Gasteiger partial charge is 0.288 e. The van der Waals surface area contributed by atoms with E-state index in [0.717, 1.165) is 39.6 Å². The van der Waals surface area contributed by atoms with Crippen molar-refractivity contribution < 1.29 is 9.72 Å². The summed E-state index contributed by atoms with van der Waals surface area (Å²) in [7, 11) is 0. The lowest BCUT2D eigenvalue weighted by molar-refractivity contribution is -0.384. The SMILES string of the molecule is Cc1cccc(-n2nc3c(c2NC(=O)c2ccc(Cl)c([N+](=O)[O-])c2)CSC3)c1C. The van der Waals surface area contributed by atoms with Crippen molar-refractivity contribution in [3.05, 3.63) is 79.5 Å². The zero-order valence-corrected chi connectivity index (χ0v) is 17.3. The van der Waals surface area contributed by atoms with Gasteiger partial charge in [0.1, 0.15) is 10.8 Å². The number of aromatic nitrogens is 2. The van der Waals surface area contributed by atoms with E-state index in [-0.39, 0.29) is 16.3 Å². The average molecular weight is 429 g/mol. The molecule has 2 heterocycles. The number of hydrogen-bond acceptors (Lipinski definition) is 5. The highest BCUT2D eigenvalue weighted by molar-refractivity contribution is 7.98. The fourth-order valence-electron chi connectivity index (χ4n) is 3.25. The highest BCUT2D eigenvalue weighted by Gasteiger charge is 2.26. The number of rotatable bonds is 4. The first-order valence-corrected chi connectivity index (χ1v) is 10.4. The minimum absolute atomic E-state index is 0.00994. The molecule has 148 valence electrons. The molecule has 4 rings (SSSR count). The van der Waals surface area contributed by atoms with E-state index >= 15 is 0 Å². The molecule has 2 aromatic carbocycles. The Balaban J connectivity index is 1.76. The normalized spacial score (nSPS) is 12.7. The number of nitrogens with zero attached hydrogens (tertiary/aromatic N) is 3. The second kappa shape index (κ2) is 7.53. The second-order valence-corrected chi connectivity index (χ2v) is 8.17. The molecule has 0 radical (unpaired) electrons. The Bertz CT molecular complexity index is 1160. The quantitative estimate of drug-likeness (QED) is 0.464.